The van der Waals surface area contributed by atoms with Crippen molar-refractivity contribution in [1.29, 1.82) is 0 Å². The van der Waals surface area contributed by atoms with Crippen LogP contribution in [-0.2, 0) is 0 Å². The molecule has 2 aromatic rings. The summed E-state index contributed by atoms with van der Waals surface area (Å²) in [4.78, 5) is 1.32. The van der Waals surface area contributed by atoms with E-state index in [4.69, 9.17) is 11.6 Å². The zero-order valence-corrected chi connectivity index (χ0v) is 10.7. The van der Waals surface area contributed by atoms with E-state index in [-0.39, 0.29) is 0 Å². The van der Waals surface area contributed by atoms with E-state index in [1.54, 1.807) is 11.8 Å². The predicted molar refractivity (Wildman–Crippen MR) is 68.8 cm³/mol. The first-order valence-corrected chi connectivity index (χ1v) is 7.78. The molecule has 0 aliphatic rings. The monoisotopic (exact) mass is 259 g/mol. The van der Waals surface area contributed by atoms with Gasteiger partial charge in [-0.05, 0) is 24.0 Å². The Kier molecular flexibility index (Phi) is 3.44. The van der Waals surface area contributed by atoms with Crippen LogP contribution in [-0.4, -0.2) is 6.26 Å². The largest absolute Gasteiger partial charge is 0.308 e. The van der Waals surface area contributed by atoms with Gasteiger partial charge in [0.2, 0.25) is 0 Å². The fourth-order valence-electron chi connectivity index (χ4n) is 1.08. The van der Waals surface area contributed by atoms with Crippen LogP contribution in [0.4, 0.5) is 0 Å². The molecule has 0 nitrogen and oxygen atoms in total. The molecule has 0 atom stereocenters. The van der Waals surface area contributed by atoms with Crippen LogP contribution in [0.3, 0.4) is 0 Å². The first-order valence-electron chi connectivity index (χ1n) is 4.02. The highest BCUT2D eigenvalue weighted by atomic mass is 35.5. The Hall–Kier alpha value is -0.0900. The topological polar surface area (TPSA) is 0 Å². The van der Waals surface area contributed by atoms with Crippen LogP contribution >= 0.6 is 44.0 Å². The van der Waals surface area contributed by atoms with Gasteiger partial charge in [0.1, 0.15) is 0 Å². The second kappa shape index (κ2) is 4.62. The molecule has 0 spiro atoms. The molecule has 72 valence electrons. The van der Waals surface area contributed by atoms with E-state index in [0.717, 1.165) is 5.02 Å². The second-order valence-electron chi connectivity index (χ2n) is 2.71. The van der Waals surface area contributed by atoms with Crippen molar-refractivity contribution in [2.24, 2.45) is 0 Å². The fraction of sp³-hybridized carbons (Fsp3) is 0.100. The lowest BCUT2D eigenvalue weighted by Gasteiger charge is -1.93. The van der Waals surface area contributed by atoms with Gasteiger partial charge in [-0.25, -0.2) is 0 Å². The van der Waals surface area contributed by atoms with Gasteiger partial charge in [-0.15, -0.1) is 0 Å². The van der Waals surface area contributed by atoms with Gasteiger partial charge in [0.05, 0.1) is 4.88 Å². The van der Waals surface area contributed by atoms with Gasteiger partial charge in [-0.2, -0.15) is 0 Å². The van der Waals surface area contributed by atoms with Gasteiger partial charge < -0.3 is 0 Å². The maximum atomic E-state index is 5.83. The zero-order valence-electron chi connectivity index (χ0n) is 7.49. The molecule has 14 heavy (non-hydrogen) atoms. The Morgan fingerprint density at radius 3 is 2.57 bits per heavy atom. The molecular weight excluding hydrogens is 252 g/mol. The molecule has 2 rings (SSSR count). The molecule has 0 aliphatic carbocycles. The molecule has 0 amide bonds. The van der Waals surface area contributed by atoms with E-state index >= 15 is 0 Å². The Balaban J connectivity index is 2.34. The molecule has 0 saturated heterocycles. The van der Waals surface area contributed by atoms with E-state index in [1.807, 2.05) is 32.8 Å². The van der Waals surface area contributed by atoms with Crippen molar-refractivity contribution in [3.05, 3.63) is 35.4 Å². The van der Waals surface area contributed by atoms with Crippen molar-refractivity contribution in [3.63, 3.8) is 0 Å². The minimum atomic E-state index is 0.791. The molecule has 1 aromatic heterocycles. The van der Waals surface area contributed by atoms with Crippen molar-refractivity contribution in [2.75, 3.05) is 6.26 Å². The lowest BCUT2D eigenvalue weighted by Crippen LogP contribution is -1.70. The van der Waals surface area contributed by atoms with E-state index < -0.39 is 0 Å². The molecule has 0 unspecified atom stereocenters. The van der Waals surface area contributed by atoms with Gasteiger partial charge in [0.15, 0.2) is 10.3 Å². The van der Waals surface area contributed by atoms with Gasteiger partial charge in [0, 0.05) is 11.1 Å². The number of benzene rings is 1. The van der Waals surface area contributed by atoms with E-state index in [2.05, 4.69) is 24.5 Å². The van der Waals surface area contributed by atoms with Crippen LogP contribution in [0, 0.1) is 0 Å². The third-order valence-corrected chi connectivity index (χ3v) is 5.86. The summed E-state index contributed by atoms with van der Waals surface area (Å²) in [7, 11) is 3.63. The van der Waals surface area contributed by atoms with Crippen LogP contribution in [0.1, 0.15) is 0 Å². The number of hydrogen-bond donors (Lipinski definition) is 0. The molecule has 0 aliphatic heterocycles. The molecule has 4 heteroatoms. The molecule has 1 heterocycles. The molecule has 0 radical (unpaired) electrons. The summed E-state index contributed by atoms with van der Waals surface area (Å²) < 4.78 is 1.36. The maximum Gasteiger partial charge on any atom is 0.308 e. The van der Waals surface area contributed by atoms with Crippen molar-refractivity contribution in [3.8, 4) is 10.4 Å². The predicted octanol–water partition coefficient (Wildman–Crippen LogP) is 5.13. The molecule has 1 aromatic carbocycles. The van der Waals surface area contributed by atoms with Crippen molar-refractivity contribution < 1.29 is 0 Å². The third kappa shape index (κ3) is 2.28. The standard InChI is InChI=1S/C10H8ClS3/c1-12-10-6-9(13-14-10)7-2-4-8(11)5-3-7/h2-6H,1H3/q+1. The molecular formula is C10H8ClS3+. The van der Waals surface area contributed by atoms with Crippen LogP contribution in [0.15, 0.2) is 34.5 Å². The Morgan fingerprint density at radius 2 is 2.00 bits per heavy atom. The number of thioether (sulfide) groups is 1. The summed E-state index contributed by atoms with van der Waals surface area (Å²) in [5, 5.41) is 0.791. The van der Waals surface area contributed by atoms with Gasteiger partial charge in [-0.3, -0.25) is 0 Å². The third-order valence-electron chi connectivity index (χ3n) is 1.79. The average molecular weight is 260 g/mol. The summed E-state index contributed by atoms with van der Waals surface area (Å²) in [6, 6.07) is 10.2. The van der Waals surface area contributed by atoms with Crippen molar-refractivity contribution in [1.82, 2.24) is 0 Å². The summed E-state index contributed by atoms with van der Waals surface area (Å²) >= 11 is 7.62. The maximum absolute atomic E-state index is 5.83. The second-order valence-corrected chi connectivity index (χ2v) is 6.46. The van der Waals surface area contributed by atoms with Crippen LogP contribution < -0.4 is 0 Å². The van der Waals surface area contributed by atoms with Gasteiger partial charge in [0.25, 0.3) is 4.21 Å². The van der Waals surface area contributed by atoms with Crippen LogP contribution in [0.25, 0.3) is 10.4 Å². The van der Waals surface area contributed by atoms with Gasteiger partial charge >= 0.3 is 10.3 Å². The lowest BCUT2D eigenvalue weighted by atomic mass is 10.2. The highest BCUT2D eigenvalue weighted by molar-refractivity contribution is 8.02. The highest BCUT2D eigenvalue weighted by Crippen LogP contribution is 2.36. The minimum absolute atomic E-state index is 0.791. The Bertz CT molecular complexity index is 419. The normalized spacial score (nSPS) is 10.4. The molecule has 0 fully saturated rings. The van der Waals surface area contributed by atoms with Crippen molar-refractivity contribution in [2.45, 2.75) is 4.21 Å². The van der Waals surface area contributed by atoms with Gasteiger partial charge in [-0.1, -0.05) is 35.5 Å². The molecule has 0 bridgehead atoms. The minimum Gasteiger partial charge on any atom is -0.0843 e. The number of rotatable bonds is 2. The fourth-order valence-corrected chi connectivity index (χ4v) is 4.61. The quantitative estimate of drug-likeness (QED) is 0.409. The molecule has 0 saturated carbocycles. The first kappa shape index (κ1) is 10.4. The smallest absolute Gasteiger partial charge is 0.0843 e. The number of halogens is 1. The summed E-state index contributed by atoms with van der Waals surface area (Å²) in [6.45, 7) is 0. The lowest BCUT2D eigenvalue weighted by molar-refractivity contribution is 1.66. The Labute approximate surface area is 100.0 Å². The summed E-state index contributed by atoms with van der Waals surface area (Å²) in [6.07, 6.45) is 2.10. The Morgan fingerprint density at radius 1 is 1.29 bits per heavy atom. The van der Waals surface area contributed by atoms with Crippen LogP contribution in [0.5, 0.6) is 0 Å². The van der Waals surface area contributed by atoms with Crippen molar-refractivity contribution >= 4 is 44.0 Å². The first-order chi connectivity index (χ1) is 6.79. The van der Waals surface area contributed by atoms with E-state index in [0.29, 0.717) is 0 Å². The summed E-state index contributed by atoms with van der Waals surface area (Å²) in [5.74, 6) is 0. The SMILES string of the molecule is CSc1cc(-c2ccc(Cl)cc2)s[s+]1. The summed E-state index contributed by atoms with van der Waals surface area (Å²) in [5.41, 5.74) is 1.25. The van der Waals surface area contributed by atoms with E-state index in [9.17, 15) is 0 Å². The highest BCUT2D eigenvalue weighted by Gasteiger charge is 2.13. The van der Waals surface area contributed by atoms with E-state index in [1.165, 1.54) is 14.6 Å². The van der Waals surface area contributed by atoms with Crippen LogP contribution in [0.2, 0.25) is 5.02 Å². The molecule has 0 N–H and O–H groups in total. The number of hydrogen-bond acceptors (Lipinski definition) is 2. The average Bonchev–Trinajstić information content (AvgIpc) is 2.67. The zero-order chi connectivity index (χ0) is 9.97.